The van der Waals surface area contributed by atoms with Gasteiger partial charge in [-0.3, -0.25) is 0 Å². The van der Waals surface area contributed by atoms with Crippen molar-refractivity contribution in [2.75, 3.05) is 0 Å². The van der Waals surface area contributed by atoms with Crippen molar-refractivity contribution >= 4 is 0 Å². The van der Waals surface area contributed by atoms with Gasteiger partial charge < -0.3 is 5.11 Å². The van der Waals surface area contributed by atoms with Crippen molar-refractivity contribution in [1.29, 1.82) is 0 Å². The second-order valence-electron chi connectivity index (χ2n) is 5.16. The van der Waals surface area contributed by atoms with Gasteiger partial charge in [0.15, 0.2) is 0 Å². The Balaban J connectivity index is 0.00000144. The molecule has 0 radical (unpaired) electrons. The van der Waals surface area contributed by atoms with Gasteiger partial charge in [0, 0.05) is 0 Å². The maximum Gasteiger partial charge on any atom is 1.00 e. The molecule has 0 heterocycles. The van der Waals surface area contributed by atoms with Crippen LogP contribution in [0.1, 0.15) is 59.3 Å². The molecule has 1 rings (SSSR count). The van der Waals surface area contributed by atoms with E-state index in [4.69, 9.17) is 0 Å². The van der Waals surface area contributed by atoms with Crippen molar-refractivity contribution in [2.45, 2.75) is 64.9 Å². The van der Waals surface area contributed by atoms with Gasteiger partial charge in [0.25, 0.3) is 0 Å². The van der Waals surface area contributed by atoms with Gasteiger partial charge in [-0.05, 0) is 5.41 Å². The van der Waals surface area contributed by atoms with Crippen LogP contribution in [0.3, 0.4) is 0 Å². The Kier molecular flexibility index (Phi) is 5.08. The van der Waals surface area contributed by atoms with E-state index in [2.05, 4.69) is 20.8 Å². The van der Waals surface area contributed by atoms with Gasteiger partial charge in [-0.25, -0.2) is 0 Å². The summed E-state index contributed by atoms with van der Waals surface area (Å²) in [5.41, 5.74) is -0.707. The molecular weight excluding hydrogens is 155 g/mol. The molecule has 0 aromatic rings. The second-order valence-corrected chi connectivity index (χ2v) is 5.16. The van der Waals surface area contributed by atoms with Crippen LogP contribution in [-0.4, -0.2) is 5.60 Å². The average molecular weight is 176 g/mol. The SMILES string of the molecule is CC(C)(C)C1([O-])CCCCCC1.[Li+]. The summed E-state index contributed by atoms with van der Waals surface area (Å²) in [6.07, 6.45) is 6.58. The van der Waals surface area contributed by atoms with Gasteiger partial charge >= 0.3 is 18.9 Å². The summed E-state index contributed by atoms with van der Waals surface area (Å²) >= 11 is 0. The third kappa shape index (κ3) is 3.31. The monoisotopic (exact) mass is 176 g/mol. The van der Waals surface area contributed by atoms with Gasteiger partial charge in [-0.15, -0.1) is 5.60 Å². The summed E-state index contributed by atoms with van der Waals surface area (Å²) in [6.45, 7) is 6.27. The molecule has 0 atom stereocenters. The molecule has 1 aliphatic rings. The first-order valence-corrected chi connectivity index (χ1v) is 5.16. The maximum atomic E-state index is 12.4. The summed E-state index contributed by atoms with van der Waals surface area (Å²) in [6, 6.07) is 0. The minimum Gasteiger partial charge on any atom is -0.849 e. The van der Waals surface area contributed by atoms with Crippen LogP contribution in [0.25, 0.3) is 0 Å². The molecule has 72 valence electrons. The molecule has 1 aliphatic carbocycles. The summed E-state index contributed by atoms with van der Waals surface area (Å²) in [4.78, 5) is 0. The minimum absolute atomic E-state index is 0. The van der Waals surface area contributed by atoms with Crippen molar-refractivity contribution in [3.05, 3.63) is 0 Å². The van der Waals surface area contributed by atoms with Crippen LogP contribution in [0.2, 0.25) is 0 Å². The minimum atomic E-state index is -0.649. The van der Waals surface area contributed by atoms with E-state index < -0.39 is 5.60 Å². The zero-order valence-corrected chi connectivity index (χ0v) is 9.65. The summed E-state index contributed by atoms with van der Waals surface area (Å²) in [5, 5.41) is 12.4. The van der Waals surface area contributed by atoms with Crippen LogP contribution in [0, 0.1) is 5.41 Å². The molecule has 1 saturated carbocycles. The molecule has 0 bridgehead atoms. The van der Waals surface area contributed by atoms with Crippen molar-refractivity contribution < 1.29 is 24.0 Å². The Morgan fingerprint density at radius 1 is 0.923 bits per heavy atom. The van der Waals surface area contributed by atoms with Crippen molar-refractivity contribution in [3.8, 4) is 0 Å². The van der Waals surface area contributed by atoms with Crippen LogP contribution in [0.15, 0.2) is 0 Å². The van der Waals surface area contributed by atoms with Crippen molar-refractivity contribution in [1.82, 2.24) is 0 Å². The standard InChI is InChI=1S/C11H21O.Li/c1-10(2,3)11(12)8-6-4-5-7-9-11;/h4-9H2,1-3H3;/q-1;+1. The summed E-state index contributed by atoms with van der Waals surface area (Å²) < 4.78 is 0. The van der Waals surface area contributed by atoms with E-state index in [0.29, 0.717) is 0 Å². The van der Waals surface area contributed by atoms with Crippen LogP contribution >= 0.6 is 0 Å². The van der Waals surface area contributed by atoms with E-state index in [-0.39, 0.29) is 24.3 Å². The Morgan fingerprint density at radius 3 is 1.62 bits per heavy atom. The van der Waals surface area contributed by atoms with E-state index in [0.717, 1.165) is 25.7 Å². The fourth-order valence-electron chi connectivity index (χ4n) is 2.05. The third-order valence-corrected chi connectivity index (χ3v) is 3.28. The first-order chi connectivity index (χ1) is 5.46. The zero-order chi connectivity index (χ0) is 9.24. The fraction of sp³-hybridized carbons (Fsp3) is 1.00. The largest absolute Gasteiger partial charge is 1.00 e. The molecule has 2 heteroatoms. The van der Waals surface area contributed by atoms with Crippen molar-refractivity contribution in [2.24, 2.45) is 5.41 Å². The van der Waals surface area contributed by atoms with Gasteiger partial charge in [0.2, 0.25) is 0 Å². The molecule has 0 saturated heterocycles. The second kappa shape index (κ2) is 4.87. The van der Waals surface area contributed by atoms with Crippen LogP contribution in [0.5, 0.6) is 0 Å². The molecule has 0 amide bonds. The normalized spacial score (nSPS) is 23.1. The molecule has 0 unspecified atom stereocenters. The maximum absolute atomic E-state index is 12.4. The quantitative estimate of drug-likeness (QED) is 0.360. The number of hydrogen-bond donors (Lipinski definition) is 0. The summed E-state index contributed by atoms with van der Waals surface area (Å²) in [7, 11) is 0. The first-order valence-electron chi connectivity index (χ1n) is 5.16. The molecule has 0 spiro atoms. The topological polar surface area (TPSA) is 23.1 Å². The average Bonchev–Trinajstić information content (AvgIpc) is 2.12. The Morgan fingerprint density at radius 2 is 1.31 bits per heavy atom. The summed E-state index contributed by atoms with van der Waals surface area (Å²) in [5.74, 6) is 0. The Hall–Kier alpha value is 0.557. The molecule has 0 aromatic heterocycles. The van der Waals surface area contributed by atoms with E-state index in [9.17, 15) is 5.11 Å². The first kappa shape index (κ1) is 13.6. The van der Waals surface area contributed by atoms with E-state index in [1.807, 2.05) is 0 Å². The molecule has 13 heavy (non-hydrogen) atoms. The van der Waals surface area contributed by atoms with Crippen LogP contribution < -0.4 is 24.0 Å². The Bertz CT molecular complexity index is 141. The predicted molar refractivity (Wildman–Crippen MR) is 49.9 cm³/mol. The smallest absolute Gasteiger partial charge is 0.849 e. The Labute approximate surface area is 94.5 Å². The van der Waals surface area contributed by atoms with Gasteiger partial charge in [0.05, 0.1) is 0 Å². The zero-order valence-electron chi connectivity index (χ0n) is 9.65. The van der Waals surface area contributed by atoms with Crippen LogP contribution in [0.4, 0.5) is 0 Å². The number of hydrogen-bond acceptors (Lipinski definition) is 1. The fourth-order valence-corrected chi connectivity index (χ4v) is 2.05. The molecule has 0 aliphatic heterocycles. The van der Waals surface area contributed by atoms with Gasteiger partial charge in [-0.1, -0.05) is 59.3 Å². The molecule has 0 N–H and O–H groups in total. The predicted octanol–water partition coefficient (Wildman–Crippen LogP) is -0.510. The van der Waals surface area contributed by atoms with Gasteiger partial charge in [0.1, 0.15) is 0 Å². The molecule has 0 aromatic carbocycles. The van der Waals surface area contributed by atoms with Crippen molar-refractivity contribution in [3.63, 3.8) is 0 Å². The third-order valence-electron chi connectivity index (χ3n) is 3.28. The van der Waals surface area contributed by atoms with E-state index >= 15 is 0 Å². The molecule has 1 nitrogen and oxygen atoms in total. The number of rotatable bonds is 0. The van der Waals surface area contributed by atoms with E-state index in [1.54, 1.807) is 0 Å². The van der Waals surface area contributed by atoms with Gasteiger partial charge in [-0.2, -0.15) is 0 Å². The van der Waals surface area contributed by atoms with E-state index in [1.165, 1.54) is 12.8 Å². The molecule has 1 fully saturated rings. The molecular formula is C11H21LiO. The van der Waals surface area contributed by atoms with Crippen LogP contribution in [-0.2, 0) is 0 Å².